The van der Waals surface area contributed by atoms with Gasteiger partial charge in [0.05, 0.1) is 22.1 Å². The summed E-state index contributed by atoms with van der Waals surface area (Å²) in [6.45, 7) is 1.32. The molecule has 7 nitrogen and oxygen atoms in total. The minimum absolute atomic E-state index is 0.0347. The number of ether oxygens (including phenoxy) is 2. The van der Waals surface area contributed by atoms with Gasteiger partial charge in [0, 0.05) is 27.8 Å². The number of nitrogens with zero attached hydrogens (tertiary/aromatic N) is 1. The summed E-state index contributed by atoms with van der Waals surface area (Å²) in [6.07, 6.45) is 0. The third-order valence-electron chi connectivity index (χ3n) is 3.95. The number of benzene rings is 2. The summed E-state index contributed by atoms with van der Waals surface area (Å²) in [5.74, 6) is -2.18. The molecule has 1 aromatic heterocycles. The lowest BCUT2D eigenvalue weighted by molar-refractivity contribution is -0.384. The second-order valence-corrected chi connectivity index (χ2v) is 7.20. The largest absolute Gasteiger partial charge is 0.462 e. The van der Waals surface area contributed by atoms with Gasteiger partial charge in [0.2, 0.25) is 0 Å². The highest BCUT2D eigenvalue weighted by Crippen LogP contribution is 2.34. The van der Waals surface area contributed by atoms with Crippen LogP contribution in [-0.2, 0) is 16.1 Å². The van der Waals surface area contributed by atoms with E-state index in [9.17, 15) is 24.1 Å². The molecule has 0 aliphatic heterocycles. The molecule has 0 bridgehead atoms. The Morgan fingerprint density at radius 2 is 1.97 bits per heavy atom. The van der Waals surface area contributed by atoms with Crippen LogP contribution in [0.15, 0.2) is 36.4 Å². The zero-order valence-electron chi connectivity index (χ0n) is 14.9. The molecule has 1 heterocycles. The van der Waals surface area contributed by atoms with Crippen LogP contribution in [0.25, 0.3) is 10.1 Å². The van der Waals surface area contributed by atoms with Crippen molar-refractivity contribution in [3.05, 3.63) is 73.4 Å². The Labute approximate surface area is 172 Å². The normalized spacial score (nSPS) is 10.7. The minimum Gasteiger partial charge on any atom is -0.462 e. The van der Waals surface area contributed by atoms with Crippen molar-refractivity contribution < 1.29 is 28.4 Å². The standard InChI is InChI=1S/C19H13ClFNO6S/c1-2-27-19(24)17-12(16-14(21)4-3-5-15(16)29-17)9-28-18(23)11-8-10(22(25)26)6-7-13(11)20/h3-8H,2,9H2,1H3. The lowest BCUT2D eigenvalue weighted by Crippen LogP contribution is -2.10. The number of nitro benzene ring substituents is 1. The zero-order valence-corrected chi connectivity index (χ0v) is 16.5. The van der Waals surface area contributed by atoms with E-state index < -0.39 is 29.3 Å². The first-order valence-electron chi connectivity index (χ1n) is 8.31. The lowest BCUT2D eigenvalue weighted by Gasteiger charge is -2.08. The molecule has 0 saturated heterocycles. The number of esters is 2. The molecule has 2 aromatic carbocycles. The molecule has 150 valence electrons. The van der Waals surface area contributed by atoms with Crippen LogP contribution in [0.1, 0.15) is 32.5 Å². The van der Waals surface area contributed by atoms with Gasteiger partial charge in [-0.3, -0.25) is 10.1 Å². The topological polar surface area (TPSA) is 95.7 Å². The van der Waals surface area contributed by atoms with Crippen LogP contribution >= 0.6 is 22.9 Å². The van der Waals surface area contributed by atoms with Gasteiger partial charge in [-0.05, 0) is 25.1 Å². The Morgan fingerprint density at radius 1 is 1.21 bits per heavy atom. The van der Waals surface area contributed by atoms with E-state index in [1.165, 1.54) is 18.2 Å². The van der Waals surface area contributed by atoms with Crippen LogP contribution in [-0.4, -0.2) is 23.5 Å². The summed E-state index contributed by atoms with van der Waals surface area (Å²) in [7, 11) is 0. The van der Waals surface area contributed by atoms with E-state index in [0.717, 1.165) is 23.5 Å². The highest BCUT2D eigenvalue weighted by Gasteiger charge is 2.24. The van der Waals surface area contributed by atoms with Crippen molar-refractivity contribution in [3.63, 3.8) is 0 Å². The van der Waals surface area contributed by atoms with Crippen LogP contribution in [0.4, 0.5) is 10.1 Å². The average molecular weight is 438 g/mol. The van der Waals surface area contributed by atoms with Gasteiger partial charge in [0.15, 0.2) is 0 Å². The number of halogens is 2. The monoisotopic (exact) mass is 437 g/mol. The number of hydrogen-bond acceptors (Lipinski definition) is 7. The molecule has 0 spiro atoms. The molecule has 29 heavy (non-hydrogen) atoms. The lowest BCUT2D eigenvalue weighted by atomic mass is 10.1. The molecule has 0 aliphatic carbocycles. The van der Waals surface area contributed by atoms with Crippen molar-refractivity contribution in [1.82, 2.24) is 0 Å². The predicted octanol–water partition coefficient (Wildman–Crippen LogP) is 5.14. The number of non-ortho nitro benzene ring substituents is 1. The maximum Gasteiger partial charge on any atom is 0.348 e. The second kappa shape index (κ2) is 8.54. The maximum atomic E-state index is 14.4. The highest BCUT2D eigenvalue weighted by molar-refractivity contribution is 7.21. The number of rotatable bonds is 6. The third-order valence-corrected chi connectivity index (χ3v) is 5.46. The molecule has 3 rings (SSSR count). The maximum absolute atomic E-state index is 14.4. The molecule has 0 fully saturated rings. The number of carbonyl (C=O) groups excluding carboxylic acids is 2. The molecular formula is C19H13ClFNO6S. The molecule has 0 atom stereocenters. The van der Waals surface area contributed by atoms with Gasteiger partial charge in [-0.25, -0.2) is 14.0 Å². The van der Waals surface area contributed by atoms with Crippen molar-refractivity contribution >= 4 is 50.6 Å². The van der Waals surface area contributed by atoms with Crippen LogP contribution < -0.4 is 0 Å². The molecule has 0 N–H and O–H groups in total. The molecule has 3 aromatic rings. The molecule has 0 unspecified atom stereocenters. The van der Waals surface area contributed by atoms with Crippen molar-refractivity contribution in [2.75, 3.05) is 6.61 Å². The first-order valence-corrected chi connectivity index (χ1v) is 9.51. The van der Waals surface area contributed by atoms with Gasteiger partial charge >= 0.3 is 11.9 Å². The van der Waals surface area contributed by atoms with E-state index in [1.54, 1.807) is 13.0 Å². The summed E-state index contributed by atoms with van der Waals surface area (Å²) in [5, 5.41) is 11.0. The van der Waals surface area contributed by atoms with Crippen molar-refractivity contribution in [1.29, 1.82) is 0 Å². The van der Waals surface area contributed by atoms with Gasteiger partial charge < -0.3 is 9.47 Å². The van der Waals surface area contributed by atoms with E-state index >= 15 is 0 Å². The third kappa shape index (κ3) is 4.20. The first kappa shape index (κ1) is 20.7. The Kier molecular flexibility index (Phi) is 6.09. The fourth-order valence-corrected chi connectivity index (χ4v) is 3.98. The SMILES string of the molecule is CCOC(=O)c1sc2cccc(F)c2c1COC(=O)c1cc([N+](=O)[O-])ccc1Cl. The van der Waals surface area contributed by atoms with Crippen LogP contribution in [0.5, 0.6) is 0 Å². The van der Waals surface area contributed by atoms with Crippen LogP contribution in [0, 0.1) is 15.9 Å². The Hall–Kier alpha value is -3.04. The van der Waals surface area contributed by atoms with Crippen LogP contribution in [0.3, 0.4) is 0 Å². The summed E-state index contributed by atoms with van der Waals surface area (Å²) >= 11 is 6.97. The van der Waals surface area contributed by atoms with E-state index in [0.29, 0.717) is 4.70 Å². The van der Waals surface area contributed by atoms with Gasteiger partial charge in [-0.15, -0.1) is 11.3 Å². The summed E-state index contributed by atoms with van der Waals surface area (Å²) in [5.41, 5.74) is -0.379. The average Bonchev–Trinajstić information content (AvgIpc) is 3.06. The summed E-state index contributed by atoms with van der Waals surface area (Å²) in [6, 6.07) is 7.71. The molecule has 0 aliphatic rings. The van der Waals surface area contributed by atoms with E-state index in [-0.39, 0.29) is 38.7 Å². The molecule has 10 heteroatoms. The van der Waals surface area contributed by atoms with Crippen molar-refractivity contribution in [2.45, 2.75) is 13.5 Å². The van der Waals surface area contributed by atoms with Crippen molar-refractivity contribution in [3.8, 4) is 0 Å². The van der Waals surface area contributed by atoms with E-state index in [2.05, 4.69) is 0 Å². The summed E-state index contributed by atoms with van der Waals surface area (Å²) < 4.78 is 25.1. The van der Waals surface area contributed by atoms with E-state index in [4.69, 9.17) is 21.1 Å². The van der Waals surface area contributed by atoms with Gasteiger partial charge in [0.25, 0.3) is 5.69 Å². The van der Waals surface area contributed by atoms with Gasteiger partial charge in [-0.2, -0.15) is 0 Å². The first-order chi connectivity index (χ1) is 13.8. The Bertz CT molecular complexity index is 1130. The number of carbonyl (C=O) groups is 2. The van der Waals surface area contributed by atoms with E-state index in [1.807, 2.05) is 0 Å². The number of hydrogen-bond donors (Lipinski definition) is 0. The molecule has 0 amide bonds. The zero-order chi connectivity index (χ0) is 21.1. The minimum atomic E-state index is -0.941. The number of nitro groups is 1. The van der Waals surface area contributed by atoms with Crippen LogP contribution in [0.2, 0.25) is 5.02 Å². The fourth-order valence-electron chi connectivity index (χ4n) is 2.67. The Morgan fingerprint density at radius 3 is 2.66 bits per heavy atom. The Balaban J connectivity index is 1.95. The molecule has 0 radical (unpaired) electrons. The van der Waals surface area contributed by atoms with Gasteiger partial charge in [0.1, 0.15) is 17.3 Å². The quantitative estimate of drug-likeness (QED) is 0.301. The number of fused-ring (bicyclic) bond motifs is 1. The second-order valence-electron chi connectivity index (χ2n) is 5.74. The smallest absolute Gasteiger partial charge is 0.348 e. The molecule has 0 saturated carbocycles. The predicted molar refractivity (Wildman–Crippen MR) is 105 cm³/mol. The summed E-state index contributed by atoms with van der Waals surface area (Å²) in [4.78, 5) is 35.0. The molecular weight excluding hydrogens is 425 g/mol. The fraction of sp³-hybridized carbons (Fsp3) is 0.158. The highest BCUT2D eigenvalue weighted by atomic mass is 35.5. The number of thiophene rings is 1. The van der Waals surface area contributed by atoms with Gasteiger partial charge in [-0.1, -0.05) is 17.7 Å². The van der Waals surface area contributed by atoms with Crippen molar-refractivity contribution in [2.24, 2.45) is 0 Å².